The molecule has 2 aromatic rings. The highest BCUT2D eigenvalue weighted by Crippen LogP contribution is 2.49. The molecule has 0 amide bonds. The standard InChI is InChI=1S/C25H29NO5/c1-30-22-9-7-18-20-14-17(13-16-4-2-3-11-26(16)20)31-23(28)10-6-15-5-8-21(27)19(12-15)24(18)25(22)29/h5,7-9,12,16-17,20,27,29H,2-4,6,10-11,13-14H2,1H3/t16-,17-,20-/m0/s1. The topological polar surface area (TPSA) is 79.2 Å². The molecule has 5 rings (SSSR count). The van der Waals surface area contributed by atoms with Crippen LogP contribution < -0.4 is 4.74 Å². The Kier molecular flexibility index (Phi) is 5.26. The number of ether oxygens (including phenoxy) is 2. The summed E-state index contributed by atoms with van der Waals surface area (Å²) in [7, 11) is 1.53. The van der Waals surface area contributed by atoms with Crippen molar-refractivity contribution in [1.82, 2.24) is 4.90 Å². The molecule has 6 nitrogen and oxygen atoms in total. The molecule has 6 heteroatoms. The SMILES string of the molecule is COc1ccc2c(c1O)-c1cc(ccc1O)CCC(=O)O[C@H]1C[C@@H]3CCCCN3[C@H]2C1. The van der Waals surface area contributed by atoms with Crippen LogP contribution in [0.1, 0.15) is 55.7 Å². The summed E-state index contributed by atoms with van der Waals surface area (Å²) in [6.07, 6.45) is 5.63. The fourth-order valence-electron chi connectivity index (χ4n) is 5.62. The van der Waals surface area contributed by atoms with Crippen LogP contribution in [0, 0.1) is 0 Å². The zero-order chi connectivity index (χ0) is 21.5. The van der Waals surface area contributed by atoms with Crippen molar-refractivity contribution < 1.29 is 24.5 Å². The number of carbonyl (C=O) groups is 1. The molecular weight excluding hydrogens is 394 g/mol. The zero-order valence-electron chi connectivity index (χ0n) is 17.8. The van der Waals surface area contributed by atoms with Gasteiger partial charge in [0.25, 0.3) is 0 Å². The van der Waals surface area contributed by atoms with Gasteiger partial charge in [0.15, 0.2) is 11.5 Å². The van der Waals surface area contributed by atoms with E-state index in [4.69, 9.17) is 9.47 Å². The number of hydrogen-bond acceptors (Lipinski definition) is 6. The van der Waals surface area contributed by atoms with Gasteiger partial charge in [-0.15, -0.1) is 0 Å². The van der Waals surface area contributed by atoms with Crippen LogP contribution in [0.5, 0.6) is 17.2 Å². The first-order valence-electron chi connectivity index (χ1n) is 11.2. The number of piperidine rings is 2. The number of nitrogens with zero attached hydrogens (tertiary/aromatic N) is 1. The Morgan fingerprint density at radius 2 is 1.97 bits per heavy atom. The summed E-state index contributed by atoms with van der Waals surface area (Å²) in [5.41, 5.74) is 3.05. The first-order chi connectivity index (χ1) is 15.0. The van der Waals surface area contributed by atoms with E-state index in [9.17, 15) is 15.0 Å². The van der Waals surface area contributed by atoms with E-state index in [1.165, 1.54) is 13.5 Å². The summed E-state index contributed by atoms with van der Waals surface area (Å²) in [6.45, 7) is 0.980. The van der Waals surface area contributed by atoms with Gasteiger partial charge in [0.05, 0.1) is 7.11 Å². The molecule has 2 N–H and O–H groups in total. The molecule has 2 aromatic carbocycles. The third-order valence-electron chi connectivity index (χ3n) is 7.09. The van der Waals surface area contributed by atoms with Crippen LogP contribution in [0.4, 0.5) is 0 Å². The maximum Gasteiger partial charge on any atom is 0.306 e. The van der Waals surface area contributed by atoms with Gasteiger partial charge in [-0.2, -0.15) is 0 Å². The average Bonchev–Trinajstić information content (AvgIpc) is 2.77. The molecule has 4 bridgehead atoms. The maximum absolute atomic E-state index is 12.6. The van der Waals surface area contributed by atoms with Crippen molar-refractivity contribution in [2.24, 2.45) is 0 Å². The highest BCUT2D eigenvalue weighted by atomic mass is 16.5. The number of aryl methyl sites for hydroxylation is 1. The molecule has 3 atom stereocenters. The van der Waals surface area contributed by atoms with Gasteiger partial charge in [-0.25, -0.2) is 0 Å². The molecule has 3 heterocycles. The summed E-state index contributed by atoms with van der Waals surface area (Å²) in [5, 5.41) is 21.9. The smallest absolute Gasteiger partial charge is 0.306 e. The number of fused-ring (bicyclic) bond motifs is 9. The van der Waals surface area contributed by atoms with E-state index in [1.54, 1.807) is 12.1 Å². The Morgan fingerprint density at radius 3 is 2.81 bits per heavy atom. The second kappa shape index (κ2) is 8.08. The second-order valence-electron chi connectivity index (χ2n) is 8.92. The Hall–Kier alpha value is -2.73. The van der Waals surface area contributed by atoms with E-state index >= 15 is 0 Å². The quantitative estimate of drug-likeness (QED) is 0.665. The molecule has 164 valence electrons. The summed E-state index contributed by atoms with van der Waals surface area (Å²) >= 11 is 0. The number of aromatic hydroxyl groups is 2. The molecule has 2 fully saturated rings. The molecule has 0 saturated carbocycles. The Bertz CT molecular complexity index is 1000. The van der Waals surface area contributed by atoms with Gasteiger partial charge in [-0.05, 0) is 55.1 Å². The number of carbonyl (C=O) groups excluding carboxylic acids is 1. The monoisotopic (exact) mass is 423 g/mol. The predicted octanol–water partition coefficient (Wildman–Crippen LogP) is 4.32. The highest BCUT2D eigenvalue weighted by Gasteiger charge is 2.40. The van der Waals surface area contributed by atoms with E-state index in [1.807, 2.05) is 18.2 Å². The van der Waals surface area contributed by atoms with E-state index < -0.39 is 0 Å². The fraction of sp³-hybridized carbons (Fsp3) is 0.480. The van der Waals surface area contributed by atoms with Gasteiger partial charge in [-0.1, -0.05) is 18.6 Å². The van der Waals surface area contributed by atoms with Crippen molar-refractivity contribution >= 4 is 5.97 Å². The molecule has 3 aliphatic rings. The summed E-state index contributed by atoms with van der Waals surface area (Å²) in [6, 6.07) is 9.45. The normalized spacial score (nSPS) is 26.0. The summed E-state index contributed by atoms with van der Waals surface area (Å²) in [5.74, 6) is 0.360. The maximum atomic E-state index is 12.6. The number of phenols is 2. The van der Waals surface area contributed by atoms with Crippen LogP contribution in [0.2, 0.25) is 0 Å². The first kappa shape index (κ1) is 20.2. The van der Waals surface area contributed by atoms with Gasteiger partial charge in [0, 0.05) is 42.5 Å². The highest BCUT2D eigenvalue weighted by molar-refractivity contribution is 5.82. The molecule has 0 radical (unpaired) electrons. The van der Waals surface area contributed by atoms with E-state index in [2.05, 4.69) is 4.90 Å². The van der Waals surface area contributed by atoms with Gasteiger partial charge >= 0.3 is 5.97 Å². The van der Waals surface area contributed by atoms with Gasteiger partial charge in [0.2, 0.25) is 0 Å². The van der Waals surface area contributed by atoms with Crippen LogP contribution in [0.15, 0.2) is 30.3 Å². The van der Waals surface area contributed by atoms with Crippen LogP contribution in [-0.4, -0.2) is 46.9 Å². The zero-order valence-corrected chi connectivity index (χ0v) is 17.8. The van der Waals surface area contributed by atoms with Crippen LogP contribution in [-0.2, 0) is 16.0 Å². The van der Waals surface area contributed by atoms with E-state index in [-0.39, 0.29) is 29.6 Å². The molecule has 31 heavy (non-hydrogen) atoms. The lowest BCUT2D eigenvalue weighted by molar-refractivity contribution is -0.154. The van der Waals surface area contributed by atoms with Crippen LogP contribution in [0.3, 0.4) is 0 Å². The molecule has 2 saturated heterocycles. The molecule has 0 spiro atoms. The van der Waals surface area contributed by atoms with Crippen molar-refractivity contribution in [3.05, 3.63) is 41.5 Å². The van der Waals surface area contributed by atoms with Crippen molar-refractivity contribution in [3.8, 4) is 28.4 Å². The molecule has 0 aliphatic carbocycles. The Balaban J connectivity index is 1.73. The lowest BCUT2D eigenvalue weighted by Crippen LogP contribution is -2.49. The summed E-state index contributed by atoms with van der Waals surface area (Å²) < 4.78 is 11.3. The molecule has 3 aliphatic heterocycles. The number of hydrogen-bond donors (Lipinski definition) is 2. The third-order valence-corrected chi connectivity index (χ3v) is 7.09. The van der Waals surface area contributed by atoms with Crippen molar-refractivity contribution in [1.29, 1.82) is 0 Å². The number of phenolic OH excluding ortho intramolecular Hbond substituents is 2. The number of rotatable bonds is 1. The van der Waals surface area contributed by atoms with Crippen molar-refractivity contribution in [2.75, 3.05) is 13.7 Å². The minimum Gasteiger partial charge on any atom is -0.507 e. The number of methoxy groups -OCH3 is 1. The average molecular weight is 424 g/mol. The lowest BCUT2D eigenvalue weighted by Gasteiger charge is -2.48. The minimum atomic E-state index is -0.166. The largest absolute Gasteiger partial charge is 0.507 e. The van der Waals surface area contributed by atoms with Gasteiger partial charge < -0.3 is 19.7 Å². The Morgan fingerprint density at radius 1 is 1.10 bits per heavy atom. The Labute approximate surface area is 182 Å². The second-order valence-corrected chi connectivity index (χ2v) is 8.92. The van der Waals surface area contributed by atoms with E-state index in [0.717, 1.165) is 36.9 Å². The van der Waals surface area contributed by atoms with Gasteiger partial charge in [0.1, 0.15) is 11.9 Å². The van der Waals surface area contributed by atoms with Crippen LogP contribution in [0.25, 0.3) is 11.1 Å². The van der Waals surface area contributed by atoms with Gasteiger partial charge in [-0.3, -0.25) is 9.69 Å². The first-order valence-corrected chi connectivity index (χ1v) is 11.2. The minimum absolute atomic E-state index is 0.00820. The molecule has 0 unspecified atom stereocenters. The summed E-state index contributed by atoms with van der Waals surface area (Å²) in [4.78, 5) is 15.1. The van der Waals surface area contributed by atoms with E-state index in [0.29, 0.717) is 42.2 Å². The third kappa shape index (κ3) is 3.63. The fourth-order valence-corrected chi connectivity index (χ4v) is 5.62. The van der Waals surface area contributed by atoms with Crippen molar-refractivity contribution in [2.45, 2.75) is 63.1 Å². The van der Waals surface area contributed by atoms with Crippen molar-refractivity contribution in [3.63, 3.8) is 0 Å². The number of benzene rings is 2. The number of esters is 1. The predicted molar refractivity (Wildman–Crippen MR) is 116 cm³/mol. The lowest BCUT2D eigenvalue weighted by atomic mass is 9.81. The molecule has 0 aromatic heterocycles. The van der Waals surface area contributed by atoms with Crippen LogP contribution >= 0.6 is 0 Å². The molecular formula is C25H29NO5.